The average Bonchev–Trinajstić information content (AvgIpc) is 2.14. The topological polar surface area (TPSA) is 34.1 Å². The van der Waals surface area contributed by atoms with Gasteiger partial charge in [0.2, 0.25) is 0 Å². The van der Waals surface area contributed by atoms with Crippen molar-refractivity contribution >= 4 is 28.0 Å². The molecule has 3 heteroatoms. The third-order valence-corrected chi connectivity index (χ3v) is 2.35. The van der Waals surface area contributed by atoms with Crippen LogP contribution in [0.3, 0.4) is 0 Å². The van der Waals surface area contributed by atoms with Gasteiger partial charge < -0.3 is 4.79 Å². The molecule has 0 saturated heterocycles. The normalized spacial score (nSPS) is 11.4. The van der Waals surface area contributed by atoms with Crippen LogP contribution < -0.4 is 0 Å². The van der Waals surface area contributed by atoms with E-state index >= 15 is 0 Å². The maximum absolute atomic E-state index is 10.9. The van der Waals surface area contributed by atoms with E-state index in [0.29, 0.717) is 18.2 Å². The summed E-state index contributed by atoms with van der Waals surface area (Å²) in [6.07, 6.45) is 5.71. The Balaban J connectivity index is 3.58. The van der Waals surface area contributed by atoms with E-state index in [1.54, 1.807) is 0 Å². The minimum atomic E-state index is 0.222. The van der Waals surface area contributed by atoms with E-state index in [1.807, 2.05) is 13.0 Å². The summed E-state index contributed by atoms with van der Waals surface area (Å²) in [7, 11) is 0. The molecule has 0 aliphatic rings. The lowest BCUT2D eigenvalue weighted by Crippen LogP contribution is -1.96. The van der Waals surface area contributed by atoms with Gasteiger partial charge in [0.1, 0.15) is 12.1 Å². The van der Waals surface area contributed by atoms with Gasteiger partial charge in [0.05, 0.1) is 5.33 Å². The summed E-state index contributed by atoms with van der Waals surface area (Å²) in [5, 5.41) is 0.439. The van der Waals surface area contributed by atoms with Crippen LogP contribution in [0.5, 0.6) is 0 Å². The molecule has 0 spiro atoms. The van der Waals surface area contributed by atoms with Gasteiger partial charge in [-0.3, -0.25) is 4.79 Å². The molecular weight excluding hydrogens is 232 g/mol. The number of alkyl halides is 1. The van der Waals surface area contributed by atoms with E-state index in [2.05, 4.69) is 15.9 Å². The van der Waals surface area contributed by atoms with Crippen LogP contribution >= 0.6 is 15.9 Å². The van der Waals surface area contributed by atoms with Crippen LogP contribution in [0.15, 0.2) is 11.6 Å². The fraction of sp³-hybridized carbons (Fsp3) is 0.600. The highest BCUT2D eigenvalue weighted by atomic mass is 79.9. The van der Waals surface area contributed by atoms with Crippen LogP contribution in [-0.4, -0.2) is 17.4 Å². The van der Waals surface area contributed by atoms with Gasteiger partial charge in [-0.1, -0.05) is 27.6 Å². The first-order valence-electron chi connectivity index (χ1n) is 4.37. The van der Waals surface area contributed by atoms with E-state index in [1.165, 1.54) is 5.57 Å². The minimum Gasteiger partial charge on any atom is -0.303 e. The predicted molar refractivity (Wildman–Crippen MR) is 57.1 cm³/mol. The Hall–Kier alpha value is -0.440. The highest BCUT2D eigenvalue weighted by molar-refractivity contribution is 9.09. The smallest absolute Gasteiger partial charge is 0.143 e. The third kappa shape index (κ3) is 7.91. The Labute approximate surface area is 87.5 Å². The first-order valence-corrected chi connectivity index (χ1v) is 5.49. The molecule has 0 aromatic heterocycles. The van der Waals surface area contributed by atoms with Crippen LogP contribution in [0.25, 0.3) is 0 Å². The van der Waals surface area contributed by atoms with Gasteiger partial charge in [0.15, 0.2) is 0 Å². The Bertz CT molecular complexity index is 197. The molecule has 0 saturated carbocycles. The highest BCUT2D eigenvalue weighted by Gasteiger charge is 1.96. The molecular formula is C10H15BrO2. The van der Waals surface area contributed by atoms with E-state index in [4.69, 9.17) is 0 Å². The molecule has 2 nitrogen and oxygen atoms in total. The monoisotopic (exact) mass is 246 g/mol. The summed E-state index contributed by atoms with van der Waals surface area (Å²) < 4.78 is 0. The largest absolute Gasteiger partial charge is 0.303 e. The lowest BCUT2D eigenvalue weighted by Gasteiger charge is -1.96. The standard InChI is InChI=1S/C10H15BrO2/c1-9(5-3-7-12)4-2-6-10(13)8-11/h4,7H,2-3,5-6,8H2,1H3. The summed E-state index contributed by atoms with van der Waals surface area (Å²) in [5.41, 5.74) is 1.19. The number of carbonyl (C=O) groups is 2. The van der Waals surface area contributed by atoms with Crippen LogP contribution in [0.1, 0.15) is 32.6 Å². The fourth-order valence-corrected chi connectivity index (χ4v) is 1.22. The SMILES string of the molecule is CC(=CCCC(=O)CBr)CCC=O. The Morgan fingerprint density at radius 1 is 1.31 bits per heavy atom. The van der Waals surface area contributed by atoms with Crippen molar-refractivity contribution in [2.75, 3.05) is 5.33 Å². The van der Waals surface area contributed by atoms with Crippen LogP contribution in [-0.2, 0) is 9.59 Å². The molecule has 0 aliphatic carbocycles. The molecule has 0 heterocycles. The second kappa shape index (κ2) is 8.17. The molecule has 0 bridgehead atoms. The van der Waals surface area contributed by atoms with Crippen LogP contribution in [0.2, 0.25) is 0 Å². The summed E-state index contributed by atoms with van der Waals surface area (Å²) >= 11 is 3.11. The van der Waals surface area contributed by atoms with Crippen molar-refractivity contribution in [3.63, 3.8) is 0 Å². The predicted octanol–water partition coefficient (Wildman–Crippen LogP) is 2.66. The second-order valence-electron chi connectivity index (χ2n) is 2.97. The van der Waals surface area contributed by atoms with E-state index < -0.39 is 0 Å². The van der Waals surface area contributed by atoms with Crippen molar-refractivity contribution in [3.8, 4) is 0 Å². The van der Waals surface area contributed by atoms with Crippen molar-refractivity contribution in [3.05, 3.63) is 11.6 Å². The average molecular weight is 247 g/mol. The summed E-state index contributed by atoms with van der Waals surface area (Å²) in [6.45, 7) is 1.99. The summed E-state index contributed by atoms with van der Waals surface area (Å²) in [6, 6.07) is 0. The number of carbonyl (C=O) groups excluding carboxylic acids is 2. The zero-order valence-electron chi connectivity index (χ0n) is 7.88. The van der Waals surface area contributed by atoms with Crippen molar-refractivity contribution in [1.29, 1.82) is 0 Å². The third-order valence-electron chi connectivity index (χ3n) is 1.72. The van der Waals surface area contributed by atoms with Crippen molar-refractivity contribution in [2.45, 2.75) is 32.6 Å². The van der Waals surface area contributed by atoms with Crippen LogP contribution in [0.4, 0.5) is 0 Å². The highest BCUT2D eigenvalue weighted by Crippen LogP contribution is 2.05. The van der Waals surface area contributed by atoms with Gasteiger partial charge in [-0.15, -0.1) is 0 Å². The summed E-state index contributed by atoms with van der Waals surface area (Å²) in [4.78, 5) is 20.9. The van der Waals surface area contributed by atoms with Gasteiger partial charge in [0.25, 0.3) is 0 Å². The van der Waals surface area contributed by atoms with Crippen molar-refractivity contribution in [1.82, 2.24) is 0 Å². The van der Waals surface area contributed by atoms with Gasteiger partial charge in [-0.2, -0.15) is 0 Å². The molecule has 0 aromatic rings. The molecule has 0 aromatic carbocycles. The number of hydrogen-bond donors (Lipinski definition) is 0. The molecule has 0 unspecified atom stereocenters. The molecule has 74 valence electrons. The minimum absolute atomic E-state index is 0.222. The zero-order chi connectivity index (χ0) is 10.1. The van der Waals surface area contributed by atoms with Crippen molar-refractivity contribution in [2.24, 2.45) is 0 Å². The molecule has 13 heavy (non-hydrogen) atoms. The molecule has 0 atom stereocenters. The Kier molecular flexibility index (Phi) is 7.90. The van der Waals surface area contributed by atoms with Gasteiger partial charge in [-0.25, -0.2) is 0 Å². The number of allylic oxidation sites excluding steroid dienone is 2. The maximum Gasteiger partial charge on any atom is 0.143 e. The number of halogens is 1. The summed E-state index contributed by atoms with van der Waals surface area (Å²) in [5.74, 6) is 0.222. The molecule has 0 rings (SSSR count). The van der Waals surface area contributed by atoms with E-state index in [-0.39, 0.29) is 5.78 Å². The van der Waals surface area contributed by atoms with E-state index in [9.17, 15) is 9.59 Å². The number of ketones is 1. The van der Waals surface area contributed by atoms with Gasteiger partial charge >= 0.3 is 0 Å². The molecule has 0 fully saturated rings. The van der Waals surface area contributed by atoms with E-state index in [0.717, 1.165) is 19.1 Å². The number of hydrogen-bond acceptors (Lipinski definition) is 2. The number of rotatable bonds is 7. The zero-order valence-corrected chi connectivity index (χ0v) is 9.47. The van der Waals surface area contributed by atoms with Crippen molar-refractivity contribution < 1.29 is 9.59 Å². The Morgan fingerprint density at radius 2 is 2.00 bits per heavy atom. The molecule has 0 aliphatic heterocycles. The fourth-order valence-electron chi connectivity index (χ4n) is 0.935. The number of Topliss-reactive ketones (excluding diaryl/α,β-unsaturated/α-hetero) is 1. The second-order valence-corrected chi connectivity index (χ2v) is 3.53. The Morgan fingerprint density at radius 3 is 2.54 bits per heavy atom. The van der Waals surface area contributed by atoms with Gasteiger partial charge in [-0.05, 0) is 19.8 Å². The number of aldehydes is 1. The van der Waals surface area contributed by atoms with Gasteiger partial charge in [0, 0.05) is 12.8 Å². The molecule has 0 amide bonds. The first kappa shape index (κ1) is 12.6. The quantitative estimate of drug-likeness (QED) is 0.393. The lowest BCUT2D eigenvalue weighted by molar-refractivity contribution is -0.116. The first-order chi connectivity index (χ1) is 6.20. The molecule has 0 radical (unpaired) electrons. The maximum atomic E-state index is 10.9. The lowest BCUT2D eigenvalue weighted by atomic mass is 10.1. The molecule has 0 N–H and O–H groups in total. The van der Waals surface area contributed by atoms with Crippen LogP contribution in [0, 0.1) is 0 Å².